The molecule has 30 heavy (non-hydrogen) atoms. The maximum Gasteiger partial charge on any atom is 0.435 e. The number of carbonyl (C=O) groups is 1. The molecule has 158 valence electrons. The number of nitrogens with one attached hydrogen (secondary N) is 1. The van der Waals surface area contributed by atoms with E-state index in [1.165, 1.54) is 11.0 Å². The van der Waals surface area contributed by atoms with Gasteiger partial charge in [-0.3, -0.25) is 14.8 Å². The topological polar surface area (TPSA) is 77.6 Å². The van der Waals surface area contributed by atoms with Crippen molar-refractivity contribution in [3.63, 3.8) is 0 Å². The summed E-state index contributed by atoms with van der Waals surface area (Å²) in [6.07, 6.45) is -1.39. The van der Waals surface area contributed by atoms with E-state index in [1.807, 2.05) is 12.1 Å². The van der Waals surface area contributed by atoms with Gasteiger partial charge in [0.2, 0.25) is 11.9 Å². The van der Waals surface area contributed by atoms with Crippen LogP contribution in [0.1, 0.15) is 42.1 Å². The molecule has 1 saturated carbocycles. The number of hydrogen-bond donors (Lipinski definition) is 1. The third-order valence-corrected chi connectivity index (χ3v) is 4.90. The van der Waals surface area contributed by atoms with E-state index in [2.05, 4.69) is 20.5 Å². The summed E-state index contributed by atoms with van der Waals surface area (Å²) in [5.41, 5.74) is 0.530. The van der Waals surface area contributed by atoms with E-state index in [0.29, 0.717) is 17.3 Å². The summed E-state index contributed by atoms with van der Waals surface area (Å²) in [5, 5.41) is 11.0. The Hall–Kier alpha value is -2.88. The minimum Gasteiger partial charge on any atom is -0.293 e. The molecule has 0 unspecified atom stereocenters. The van der Waals surface area contributed by atoms with Crippen LogP contribution in [0, 0.1) is 0 Å². The van der Waals surface area contributed by atoms with Gasteiger partial charge in [0.25, 0.3) is 0 Å². The van der Waals surface area contributed by atoms with Crippen molar-refractivity contribution in [3.05, 3.63) is 58.6 Å². The normalized spacial score (nSPS) is 14.1. The maximum absolute atomic E-state index is 13.0. The van der Waals surface area contributed by atoms with E-state index in [-0.39, 0.29) is 24.8 Å². The highest BCUT2D eigenvalue weighted by atomic mass is 35.5. The van der Waals surface area contributed by atoms with Crippen LogP contribution in [0.15, 0.2) is 36.7 Å². The van der Waals surface area contributed by atoms with Crippen molar-refractivity contribution in [3.8, 4) is 0 Å². The van der Waals surface area contributed by atoms with Gasteiger partial charge in [0.1, 0.15) is 6.33 Å². The number of nitrogens with zero attached hydrogens (tertiary/aromatic N) is 5. The van der Waals surface area contributed by atoms with Crippen LogP contribution in [-0.2, 0) is 24.1 Å². The van der Waals surface area contributed by atoms with Crippen molar-refractivity contribution in [1.82, 2.24) is 24.5 Å². The predicted molar refractivity (Wildman–Crippen MR) is 103 cm³/mol. The number of benzene rings is 1. The number of alkyl halides is 3. The molecule has 0 bridgehead atoms. The number of hydrogen-bond acceptors (Lipinski definition) is 4. The SMILES string of the molecule is O=C(CCn1nc(C(F)(F)F)cc1C1CC1)Nc1ncn(Cc2cccc(Cl)c2)n1. The van der Waals surface area contributed by atoms with Gasteiger partial charge in [0.15, 0.2) is 5.69 Å². The fraction of sp³-hybridized carbons (Fsp3) is 0.368. The molecule has 1 N–H and O–H groups in total. The Balaban J connectivity index is 1.34. The van der Waals surface area contributed by atoms with Crippen LogP contribution in [0.5, 0.6) is 0 Å². The molecule has 11 heteroatoms. The van der Waals surface area contributed by atoms with E-state index in [4.69, 9.17) is 11.6 Å². The van der Waals surface area contributed by atoms with E-state index < -0.39 is 17.8 Å². The summed E-state index contributed by atoms with van der Waals surface area (Å²) in [6, 6.07) is 8.37. The van der Waals surface area contributed by atoms with Gasteiger partial charge >= 0.3 is 6.18 Å². The van der Waals surface area contributed by atoms with Crippen LogP contribution in [0.4, 0.5) is 19.1 Å². The van der Waals surface area contributed by atoms with Gasteiger partial charge in [0, 0.05) is 23.1 Å². The lowest BCUT2D eigenvalue weighted by atomic mass is 10.2. The molecule has 1 aromatic carbocycles. The van der Waals surface area contributed by atoms with Crippen molar-refractivity contribution < 1.29 is 18.0 Å². The summed E-state index contributed by atoms with van der Waals surface area (Å²) >= 11 is 5.96. The fourth-order valence-electron chi connectivity index (χ4n) is 3.10. The number of halogens is 4. The van der Waals surface area contributed by atoms with Crippen molar-refractivity contribution in [2.45, 2.75) is 44.4 Å². The average Bonchev–Trinajstić information content (AvgIpc) is 3.26. The summed E-state index contributed by atoms with van der Waals surface area (Å²) < 4.78 is 41.7. The Kier molecular flexibility index (Phi) is 5.50. The Morgan fingerprint density at radius 1 is 1.23 bits per heavy atom. The second kappa shape index (κ2) is 8.10. The number of aromatic nitrogens is 5. The lowest BCUT2D eigenvalue weighted by Gasteiger charge is -2.06. The van der Waals surface area contributed by atoms with Gasteiger partial charge in [0.05, 0.1) is 13.1 Å². The molecule has 2 aromatic heterocycles. The molecular formula is C19H18ClF3N6O. The van der Waals surface area contributed by atoms with Gasteiger partial charge in [-0.05, 0) is 36.6 Å². The minimum absolute atomic E-state index is 0.0401. The number of anilines is 1. The van der Waals surface area contributed by atoms with Crippen LogP contribution in [0.2, 0.25) is 5.02 Å². The fourth-order valence-corrected chi connectivity index (χ4v) is 3.31. The zero-order valence-corrected chi connectivity index (χ0v) is 16.5. The molecule has 1 aliphatic rings. The molecule has 1 amide bonds. The highest BCUT2D eigenvalue weighted by molar-refractivity contribution is 6.30. The molecule has 0 atom stereocenters. The number of aryl methyl sites for hydroxylation is 1. The molecule has 4 rings (SSSR count). The molecule has 0 radical (unpaired) electrons. The van der Waals surface area contributed by atoms with Gasteiger partial charge in [-0.25, -0.2) is 9.67 Å². The van der Waals surface area contributed by atoms with Crippen molar-refractivity contribution in [2.75, 3.05) is 5.32 Å². The highest BCUT2D eigenvalue weighted by Gasteiger charge is 2.37. The van der Waals surface area contributed by atoms with Crippen molar-refractivity contribution in [2.24, 2.45) is 0 Å². The lowest BCUT2D eigenvalue weighted by molar-refractivity contribution is -0.141. The first-order valence-electron chi connectivity index (χ1n) is 9.36. The Bertz CT molecular complexity index is 1060. The Morgan fingerprint density at radius 3 is 2.73 bits per heavy atom. The van der Waals surface area contributed by atoms with E-state index in [0.717, 1.165) is 24.5 Å². The van der Waals surface area contributed by atoms with Crippen LogP contribution >= 0.6 is 11.6 Å². The Morgan fingerprint density at radius 2 is 2.03 bits per heavy atom. The van der Waals surface area contributed by atoms with Crippen molar-refractivity contribution >= 4 is 23.5 Å². The van der Waals surface area contributed by atoms with Crippen LogP contribution in [0.25, 0.3) is 0 Å². The zero-order chi connectivity index (χ0) is 21.3. The number of carbonyl (C=O) groups excluding carboxylic acids is 1. The lowest BCUT2D eigenvalue weighted by Crippen LogP contribution is -2.17. The maximum atomic E-state index is 13.0. The summed E-state index contributed by atoms with van der Waals surface area (Å²) in [6.45, 7) is 0.485. The average molecular weight is 439 g/mol. The molecule has 7 nitrogen and oxygen atoms in total. The number of amides is 1. The first-order valence-corrected chi connectivity index (χ1v) is 9.74. The quantitative estimate of drug-likeness (QED) is 0.602. The van der Waals surface area contributed by atoms with Crippen LogP contribution in [-0.4, -0.2) is 30.5 Å². The first-order chi connectivity index (χ1) is 14.3. The summed E-state index contributed by atoms with van der Waals surface area (Å²) in [7, 11) is 0. The smallest absolute Gasteiger partial charge is 0.293 e. The van der Waals surface area contributed by atoms with Gasteiger partial charge in [-0.2, -0.15) is 18.3 Å². The third-order valence-electron chi connectivity index (χ3n) is 4.67. The Labute approximate surface area is 174 Å². The second-order valence-corrected chi connectivity index (χ2v) is 7.58. The number of rotatable bonds is 7. The van der Waals surface area contributed by atoms with E-state index in [9.17, 15) is 18.0 Å². The monoisotopic (exact) mass is 438 g/mol. The van der Waals surface area contributed by atoms with E-state index >= 15 is 0 Å². The molecule has 1 fully saturated rings. The summed E-state index contributed by atoms with van der Waals surface area (Å²) in [4.78, 5) is 16.3. The van der Waals surface area contributed by atoms with Crippen molar-refractivity contribution in [1.29, 1.82) is 0 Å². The molecule has 2 heterocycles. The molecule has 3 aromatic rings. The van der Waals surface area contributed by atoms with Gasteiger partial charge in [-0.1, -0.05) is 23.7 Å². The predicted octanol–water partition coefficient (Wildman–Crippen LogP) is 4.10. The van der Waals surface area contributed by atoms with Crippen LogP contribution in [0.3, 0.4) is 0 Å². The first kappa shape index (κ1) is 20.4. The molecular weight excluding hydrogens is 421 g/mol. The largest absolute Gasteiger partial charge is 0.435 e. The second-order valence-electron chi connectivity index (χ2n) is 7.14. The molecule has 0 saturated heterocycles. The zero-order valence-electron chi connectivity index (χ0n) is 15.7. The molecule has 0 aliphatic heterocycles. The minimum atomic E-state index is -4.50. The summed E-state index contributed by atoms with van der Waals surface area (Å²) in [5.74, 6) is -0.192. The van der Waals surface area contributed by atoms with E-state index in [1.54, 1.807) is 16.8 Å². The van der Waals surface area contributed by atoms with Crippen LogP contribution < -0.4 is 5.32 Å². The molecule has 1 aliphatic carbocycles. The van der Waals surface area contributed by atoms with Gasteiger partial charge in [-0.15, -0.1) is 5.10 Å². The third kappa shape index (κ3) is 4.99. The standard InChI is InChI=1S/C19H18ClF3N6O/c20-14-3-1-2-12(8-14)10-28-11-24-18(27-28)25-17(30)6-7-29-15(13-4-5-13)9-16(26-29)19(21,22)23/h1-3,8-9,11,13H,4-7,10H2,(H,25,27,30). The van der Waals surface area contributed by atoms with Gasteiger partial charge < -0.3 is 0 Å². The molecule has 0 spiro atoms. The highest BCUT2D eigenvalue weighted by Crippen LogP contribution is 2.42.